The number of rotatable bonds is 9. The maximum Gasteiger partial charge on any atom is 0.273 e. The molecule has 1 N–H and O–H groups in total. The van der Waals surface area contributed by atoms with Crippen molar-refractivity contribution in [3.63, 3.8) is 0 Å². The van der Waals surface area contributed by atoms with Crippen molar-refractivity contribution >= 4 is 5.91 Å². The summed E-state index contributed by atoms with van der Waals surface area (Å²) < 4.78 is 16.7. The second-order valence-corrected chi connectivity index (χ2v) is 7.75. The van der Waals surface area contributed by atoms with Crippen LogP contribution < -0.4 is 14.2 Å². The number of aromatic nitrogens is 2. The third-order valence-electron chi connectivity index (χ3n) is 5.66. The van der Waals surface area contributed by atoms with Gasteiger partial charge in [-0.3, -0.25) is 9.89 Å². The van der Waals surface area contributed by atoms with Gasteiger partial charge < -0.3 is 19.1 Å². The van der Waals surface area contributed by atoms with E-state index >= 15 is 0 Å². The van der Waals surface area contributed by atoms with Gasteiger partial charge in [-0.2, -0.15) is 5.10 Å². The maximum atomic E-state index is 13.3. The van der Waals surface area contributed by atoms with Gasteiger partial charge in [0.05, 0.1) is 32.6 Å². The predicted octanol–water partition coefficient (Wildman–Crippen LogP) is 4.84. The van der Waals surface area contributed by atoms with Crippen molar-refractivity contribution in [1.82, 2.24) is 15.1 Å². The van der Waals surface area contributed by atoms with Crippen LogP contribution in [0.15, 0.2) is 42.5 Å². The Bertz CT molecular complexity index is 1090. The first-order valence-electron chi connectivity index (χ1n) is 11.0. The number of H-pyrrole nitrogens is 1. The van der Waals surface area contributed by atoms with Crippen LogP contribution in [-0.2, 0) is 0 Å². The summed E-state index contributed by atoms with van der Waals surface area (Å²) in [7, 11) is 3.27. The monoisotopic (exact) mass is 435 g/mol. The summed E-state index contributed by atoms with van der Waals surface area (Å²) in [5, 5.41) is 7.51. The Balaban J connectivity index is 1.81. The van der Waals surface area contributed by atoms with Gasteiger partial charge in [-0.1, -0.05) is 19.9 Å². The fraction of sp³-hybridized carbons (Fsp3) is 0.360. The molecule has 2 heterocycles. The molecule has 1 aliphatic heterocycles. The lowest BCUT2D eigenvalue weighted by molar-refractivity contribution is 0.0743. The predicted molar refractivity (Wildman–Crippen MR) is 123 cm³/mol. The molecule has 0 spiro atoms. The lowest BCUT2D eigenvalue weighted by atomic mass is 9.95. The molecule has 168 valence electrons. The Kier molecular flexibility index (Phi) is 6.35. The molecular weight excluding hydrogens is 406 g/mol. The van der Waals surface area contributed by atoms with Gasteiger partial charge in [0.15, 0.2) is 11.5 Å². The zero-order valence-electron chi connectivity index (χ0n) is 19.0. The summed E-state index contributed by atoms with van der Waals surface area (Å²) in [6.07, 6.45) is 1.77. The second kappa shape index (κ2) is 9.34. The third-order valence-corrected chi connectivity index (χ3v) is 5.66. The van der Waals surface area contributed by atoms with Crippen molar-refractivity contribution in [1.29, 1.82) is 0 Å². The Labute approximate surface area is 188 Å². The van der Waals surface area contributed by atoms with Gasteiger partial charge in [0.1, 0.15) is 11.4 Å². The Morgan fingerprint density at radius 1 is 1.00 bits per heavy atom. The molecule has 4 rings (SSSR count). The van der Waals surface area contributed by atoms with Gasteiger partial charge in [-0.25, -0.2) is 0 Å². The van der Waals surface area contributed by atoms with Crippen molar-refractivity contribution in [3.05, 3.63) is 59.3 Å². The smallest absolute Gasteiger partial charge is 0.273 e. The number of fused-ring (bicyclic) bond motifs is 1. The van der Waals surface area contributed by atoms with E-state index < -0.39 is 0 Å². The molecule has 1 atom stereocenters. The summed E-state index contributed by atoms with van der Waals surface area (Å²) in [6, 6.07) is 13.3. The number of carbonyl (C=O) groups excluding carboxylic acids is 1. The van der Waals surface area contributed by atoms with Crippen LogP contribution in [0.25, 0.3) is 11.3 Å². The van der Waals surface area contributed by atoms with Crippen LogP contribution in [0.4, 0.5) is 0 Å². The van der Waals surface area contributed by atoms with E-state index in [9.17, 15) is 4.79 Å². The van der Waals surface area contributed by atoms with Crippen LogP contribution >= 0.6 is 0 Å². The first kappa shape index (κ1) is 21.7. The van der Waals surface area contributed by atoms with Gasteiger partial charge in [0, 0.05) is 17.7 Å². The molecule has 0 saturated heterocycles. The van der Waals surface area contributed by atoms with Crippen LogP contribution in [0.1, 0.15) is 54.3 Å². The molecule has 0 aliphatic carbocycles. The molecular formula is C25H29N3O4. The van der Waals surface area contributed by atoms with E-state index in [0.29, 0.717) is 30.3 Å². The van der Waals surface area contributed by atoms with Gasteiger partial charge >= 0.3 is 0 Å². The van der Waals surface area contributed by atoms with E-state index in [4.69, 9.17) is 14.2 Å². The number of nitrogens with zero attached hydrogens (tertiary/aromatic N) is 2. The summed E-state index contributed by atoms with van der Waals surface area (Å²) in [6.45, 7) is 5.40. The normalized spacial score (nSPS) is 15.1. The highest BCUT2D eigenvalue weighted by molar-refractivity contribution is 6.00. The molecule has 3 aromatic rings. The van der Waals surface area contributed by atoms with Gasteiger partial charge in [0.2, 0.25) is 0 Å². The summed E-state index contributed by atoms with van der Waals surface area (Å²) in [5.74, 6) is 2.09. The minimum absolute atomic E-state index is 0.0376. The molecule has 7 heteroatoms. The molecule has 7 nitrogen and oxygen atoms in total. The van der Waals surface area contributed by atoms with Crippen molar-refractivity contribution in [3.8, 4) is 28.5 Å². The SMILES string of the molecule is CCCOc1ccc(C2c3c(-c4ccc(OC)cc4)n[nH]c3C(=O)N2CCC)cc1OC. The largest absolute Gasteiger partial charge is 0.497 e. The van der Waals surface area contributed by atoms with E-state index in [1.807, 2.05) is 47.4 Å². The second-order valence-electron chi connectivity index (χ2n) is 7.75. The van der Waals surface area contributed by atoms with Crippen LogP contribution in [0.2, 0.25) is 0 Å². The lowest BCUT2D eigenvalue weighted by Crippen LogP contribution is -2.30. The topological polar surface area (TPSA) is 76.7 Å². The minimum Gasteiger partial charge on any atom is -0.497 e. The average Bonchev–Trinajstić information content (AvgIpc) is 3.37. The molecule has 0 saturated carbocycles. The van der Waals surface area contributed by atoms with E-state index in [-0.39, 0.29) is 11.9 Å². The molecule has 0 radical (unpaired) electrons. The van der Waals surface area contributed by atoms with E-state index in [1.54, 1.807) is 14.2 Å². The van der Waals surface area contributed by atoms with Crippen molar-refractivity contribution in [2.45, 2.75) is 32.7 Å². The number of ether oxygens (including phenoxy) is 3. The fourth-order valence-electron chi connectivity index (χ4n) is 4.17. The van der Waals surface area contributed by atoms with Gasteiger partial charge in [-0.05, 0) is 54.8 Å². The van der Waals surface area contributed by atoms with E-state index in [2.05, 4.69) is 24.0 Å². The number of hydrogen-bond donors (Lipinski definition) is 1. The number of benzene rings is 2. The minimum atomic E-state index is -0.262. The quantitative estimate of drug-likeness (QED) is 0.521. The van der Waals surface area contributed by atoms with E-state index in [0.717, 1.165) is 41.0 Å². The van der Waals surface area contributed by atoms with Crippen LogP contribution in [0.5, 0.6) is 17.2 Å². The maximum absolute atomic E-state index is 13.3. The molecule has 1 aliphatic rings. The highest BCUT2D eigenvalue weighted by Crippen LogP contribution is 2.44. The van der Waals surface area contributed by atoms with Crippen molar-refractivity contribution in [2.75, 3.05) is 27.4 Å². The summed E-state index contributed by atoms with van der Waals surface area (Å²) in [4.78, 5) is 15.2. The molecule has 1 unspecified atom stereocenters. The number of aromatic amines is 1. The highest BCUT2D eigenvalue weighted by Gasteiger charge is 2.42. The third kappa shape index (κ3) is 3.79. The summed E-state index contributed by atoms with van der Waals surface area (Å²) in [5.41, 5.74) is 4.08. The molecule has 1 aromatic heterocycles. The highest BCUT2D eigenvalue weighted by atomic mass is 16.5. The fourth-order valence-corrected chi connectivity index (χ4v) is 4.17. The number of methoxy groups -OCH3 is 2. The van der Waals surface area contributed by atoms with Crippen LogP contribution in [0, 0.1) is 0 Å². The van der Waals surface area contributed by atoms with Gasteiger partial charge in [-0.15, -0.1) is 0 Å². The zero-order valence-corrected chi connectivity index (χ0v) is 19.0. The zero-order chi connectivity index (χ0) is 22.7. The Morgan fingerprint density at radius 3 is 2.44 bits per heavy atom. The molecule has 32 heavy (non-hydrogen) atoms. The molecule has 0 bridgehead atoms. The van der Waals surface area contributed by atoms with Crippen molar-refractivity contribution in [2.24, 2.45) is 0 Å². The van der Waals surface area contributed by atoms with Crippen LogP contribution in [-0.4, -0.2) is 48.4 Å². The number of amides is 1. The van der Waals surface area contributed by atoms with Crippen LogP contribution in [0.3, 0.4) is 0 Å². The van der Waals surface area contributed by atoms with E-state index in [1.165, 1.54) is 0 Å². The standard InChI is InChI=1S/C25H29N3O4/c1-5-13-28-24(17-9-12-19(32-14-6-2)20(15-17)31-4)21-22(26-27-23(21)25(28)29)16-7-10-18(30-3)11-8-16/h7-12,15,24H,5-6,13-14H2,1-4H3,(H,26,27). The molecule has 1 amide bonds. The number of nitrogens with one attached hydrogen (secondary N) is 1. The lowest BCUT2D eigenvalue weighted by Gasteiger charge is -2.26. The van der Waals surface area contributed by atoms with Gasteiger partial charge in [0.25, 0.3) is 5.91 Å². The molecule has 2 aromatic carbocycles. The molecule has 0 fully saturated rings. The summed E-state index contributed by atoms with van der Waals surface area (Å²) >= 11 is 0. The Hall–Kier alpha value is -3.48. The van der Waals surface area contributed by atoms with Crippen molar-refractivity contribution < 1.29 is 19.0 Å². The number of hydrogen-bond acceptors (Lipinski definition) is 5. The first-order valence-corrected chi connectivity index (χ1v) is 11.0. The average molecular weight is 436 g/mol. The first-order chi connectivity index (χ1) is 15.6. The number of carbonyl (C=O) groups is 1. The Morgan fingerprint density at radius 2 is 1.78 bits per heavy atom.